The molecule has 0 fully saturated rings. The molecular weight excluding hydrogens is 261 g/mol. The summed E-state index contributed by atoms with van der Waals surface area (Å²) in [6.07, 6.45) is 0.941. The summed E-state index contributed by atoms with van der Waals surface area (Å²) in [6.45, 7) is 4.08. The molecule has 1 N–H and O–H groups in total. The standard InChI is InChI=1S/C12H15Cl2NO2/c1-4-7(2)15-10-6-8(13)5-9(11(10)14)12(16)17-3/h5-7,15H,4H2,1-3H3. The summed E-state index contributed by atoms with van der Waals surface area (Å²) >= 11 is 12.1. The van der Waals surface area contributed by atoms with Crippen LogP contribution in [0.2, 0.25) is 10.0 Å². The average molecular weight is 276 g/mol. The highest BCUT2D eigenvalue weighted by Gasteiger charge is 2.16. The minimum atomic E-state index is -0.496. The van der Waals surface area contributed by atoms with E-state index in [1.807, 2.05) is 6.92 Å². The van der Waals surface area contributed by atoms with Gasteiger partial charge in [0.15, 0.2) is 0 Å². The first-order valence-corrected chi connectivity index (χ1v) is 6.09. The molecule has 1 aromatic carbocycles. The van der Waals surface area contributed by atoms with Gasteiger partial charge in [-0.1, -0.05) is 30.1 Å². The van der Waals surface area contributed by atoms with Crippen LogP contribution >= 0.6 is 23.2 Å². The number of halogens is 2. The third kappa shape index (κ3) is 3.51. The molecule has 1 aromatic rings. The molecule has 0 amide bonds. The van der Waals surface area contributed by atoms with Gasteiger partial charge in [-0.05, 0) is 25.5 Å². The van der Waals surface area contributed by atoms with Gasteiger partial charge >= 0.3 is 5.97 Å². The molecule has 5 heteroatoms. The van der Waals surface area contributed by atoms with Crippen molar-refractivity contribution in [2.24, 2.45) is 0 Å². The number of ether oxygens (including phenoxy) is 1. The maximum Gasteiger partial charge on any atom is 0.339 e. The van der Waals surface area contributed by atoms with Crippen molar-refractivity contribution in [3.63, 3.8) is 0 Å². The summed E-state index contributed by atoms with van der Waals surface area (Å²) in [7, 11) is 1.31. The van der Waals surface area contributed by atoms with Crippen LogP contribution in [0.3, 0.4) is 0 Å². The molecular formula is C12H15Cl2NO2. The Hall–Kier alpha value is -0.930. The van der Waals surface area contributed by atoms with Crippen LogP contribution < -0.4 is 5.32 Å². The zero-order valence-electron chi connectivity index (χ0n) is 10.0. The lowest BCUT2D eigenvalue weighted by Gasteiger charge is -2.16. The van der Waals surface area contributed by atoms with Gasteiger partial charge in [-0.15, -0.1) is 0 Å². The van der Waals surface area contributed by atoms with E-state index in [1.165, 1.54) is 13.2 Å². The number of hydrogen-bond acceptors (Lipinski definition) is 3. The summed E-state index contributed by atoms with van der Waals surface area (Å²) in [4.78, 5) is 11.5. The van der Waals surface area contributed by atoms with E-state index in [0.717, 1.165) is 6.42 Å². The van der Waals surface area contributed by atoms with Crippen LogP contribution in [0.4, 0.5) is 5.69 Å². The van der Waals surface area contributed by atoms with Gasteiger partial charge in [0.2, 0.25) is 0 Å². The number of carbonyl (C=O) groups is 1. The van der Waals surface area contributed by atoms with Gasteiger partial charge in [0.05, 0.1) is 23.4 Å². The van der Waals surface area contributed by atoms with Gasteiger partial charge in [-0.2, -0.15) is 0 Å². The molecule has 0 heterocycles. The molecule has 94 valence electrons. The lowest BCUT2D eigenvalue weighted by atomic mass is 10.1. The number of rotatable bonds is 4. The number of hydrogen-bond donors (Lipinski definition) is 1. The smallest absolute Gasteiger partial charge is 0.339 e. The zero-order valence-corrected chi connectivity index (χ0v) is 11.5. The number of nitrogens with one attached hydrogen (secondary N) is 1. The number of esters is 1. The molecule has 0 spiro atoms. The highest BCUT2D eigenvalue weighted by Crippen LogP contribution is 2.31. The summed E-state index contributed by atoms with van der Waals surface area (Å²) in [5.41, 5.74) is 0.918. The molecule has 0 saturated heterocycles. The van der Waals surface area contributed by atoms with Crippen molar-refractivity contribution in [2.75, 3.05) is 12.4 Å². The molecule has 17 heavy (non-hydrogen) atoms. The van der Waals surface area contributed by atoms with E-state index < -0.39 is 5.97 Å². The molecule has 0 aliphatic rings. The second kappa shape index (κ2) is 6.12. The molecule has 3 nitrogen and oxygen atoms in total. The molecule has 1 rings (SSSR count). The van der Waals surface area contributed by atoms with Crippen molar-refractivity contribution < 1.29 is 9.53 Å². The third-order valence-electron chi connectivity index (χ3n) is 2.46. The zero-order chi connectivity index (χ0) is 13.0. The minimum absolute atomic E-state index is 0.247. The van der Waals surface area contributed by atoms with E-state index in [4.69, 9.17) is 23.2 Å². The van der Waals surface area contributed by atoms with E-state index in [-0.39, 0.29) is 11.6 Å². The first-order chi connectivity index (χ1) is 7.99. The maximum absolute atomic E-state index is 11.5. The van der Waals surface area contributed by atoms with Crippen molar-refractivity contribution in [3.05, 3.63) is 27.7 Å². The summed E-state index contributed by atoms with van der Waals surface area (Å²) in [5, 5.41) is 3.98. The molecule has 0 aliphatic heterocycles. The van der Waals surface area contributed by atoms with Crippen molar-refractivity contribution in [2.45, 2.75) is 26.3 Å². The molecule has 0 aromatic heterocycles. The second-order valence-corrected chi connectivity index (χ2v) is 4.57. The van der Waals surface area contributed by atoms with E-state index in [1.54, 1.807) is 6.07 Å². The predicted molar refractivity (Wildman–Crippen MR) is 71.2 cm³/mol. The fourth-order valence-electron chi connectivity index (χ4n) is 1.32. The SMILES string of the molecule is CCC(C)Nc1cc(Cl)cc(C(=O)OC)c1Cl. The summed E-state index contributed by atoms with van der Waals surface area (Å²) < 4.78 is 4.65. The Kier molecular flexibility index (Phi) is 5.09. The number of benzene rings is 1. The Morgan fingerprint density at radius 2 is 2.12 bits per heavy atom. The monoisotopic (exact) mass is 275 g/mol. The molecule has 0 saturated carbocycles. The van der Waals surface area contributed by atoms with Crippen LogP contribution in [0.1, 0.15) is 30.6 Å². The highest BCUT2D eigenvalue weighted by molar-refractivity contribution is 6.38. The number of methoxy groups -OCH3 is 1. The summed E-state index contributed by atoms with van der Waals surface area (Å²) in [5.74, 6) is -0.496. The van der Waals surface area contributed by atoms with Crippen molar-refractivity contribution >= 4 is 34.9 Å². The fourth-order valence-corrected chi connectivity index (χ4v) is 1.78. The highest BCUT2D eigenvalue weighted by atomic mass is 35.5. The topological polar surface area (TPSA) is 38.3 Å². The third-order valence-corrected chi connectivity index (χ3v) is 3.08. The Balaban J connectivity index is 3.14. The largest absolute Gasteiger partial charge is 0.465 e. The van der Waals surface area contributed by atoms with Gasteiger partial charge in [0.25, 0.3) is 0 Å². The van der Waals surface area contributed by atoms with E-state index >= 15 is 0 Å². The first-order valence-electron chi connectivity index (χ1n) is 5.33. The van der Waals surface area contributed by atoms with Gasteiger partial charge in [-0.3, -0.25) is 0 Å². The lowest BCUT2D eigenvalue weighted by Crippen LogP contribution is -2.14. The normalized spacial score (nSPS) is 12.1. The van der Waals surface area contributed by atoms with Crippen LogP contribution in [-0.2, 0) is 4.74 Å². The van der Waals surface area contributed by atoms with Crippen molar-refractivity contribution in [3.8, 4) is 0 Å². The van der Waals surface area contributed by atoms with Crippen LogP contribution in [0.15, 0.2) is 12.1 Å². The number of carbonyl (C=O) groups excluding carboxylic acids is 1. The van der Waals surface area contributed by atoms with Gasteiger partial charge in [0, 0.05) is 11.1 Å². The molecule has 0 aliphatic carbocycles. The van der Waals surface area contributed by atoms with Crippen LogP contribution in [0.25, 0.3) is 0 Å². The first kappa shape index (κ1) is 14.1. The Labute approximate surface area is 111 Å². The van der Waals surface area contributed by atoms with Gasteiger partial charge < -0.3 is 10.1 Å². The van der Waals surface area contributed by atoms with Crippen molar-refractivity contribution in [1.82, 2.24) is 0 Å². The maximum atomic E-state index is 11.5. The van der Waals surface area contributed by atoms with E-state index in [9.17, 15) is 4.79 Å². The quantitative estimate of drug-likeness (QED) is 0.845. The van der Waals surface area contributed by atoms with E-state index in [0.29, 0.717) is 15.7 Å². The second-order valence-electron chi connectivity index (χ2n) is 3.76. The van der Waals surface area contributed by atoms with E-state index in [2.05, 4.69) is 17.0 Å². The predicted octanol–water partition coefficient (Wildman–Crippen LogP) is 3.99. The van der Waals surface area contributed by atoms with Crippen LogP contribution in [-0.4, -0.2) is 19.1 Å². The van der Waals surface area contributed by atoms with Crippen LogP contribution in [0, 0.1) is 0 Å². The Morgan fingerprint density at radius 3 is 2.65 bits per heavy atom. The van der Waals surface area contributed by atoms with Crippen LogP contribution in [0.5, 0.6) is 0 Å². The average Bonchev–Trinajstić information content (AvgIpc) is 2.32. The van der Waals surface area contributed by atoms with Gasteiger partial charge in [0.1, 0.15) is 0 Å². The summed E-state index contributed by atoms with van der Waals surface area (Å²) in [6, 6.07) is 3.44. The minimum Gasteiger partial charge on any atom is -0.465 e. The molecule has 1 unspecified atom stereocenters. The number of anilines is 1. The molecule has 1 atom stereocenters. The Bertz CT molecular complexity index is 421. The van der Waals surface area contributed by atoms with Crippen molar-refractivity contribution in [1.29, 1.82) is 0 Å². The lowest BCUT2D eigenvalue weighted by molar-refractivity contribution is 0.0601. The Morgan fingerprint density at radius 1 is 1.47 bits per heavy atom. The van der Waals surface area contributed by atoms with Gasteiger partial charge in [-0.25, -0.2) is 4.79 Å². The fraction of sp³-hybridized carbons (Fsp3) is 0.417. The molecule has 0 radical (unpaired) electrons. The molecule has 0 bridgehead atoms.